The van der Waals surface area contributed by atoms with Crippen LogP contribution in [0.4, 0.5) is 5.69 Å². The summed E-state index contributed by atoms with van der Waals surface area (Å²) in [4.78, 5) is 4.64. The maximum Gasteiger partial charge on any atom is 0.0682 e. The molecule has 1 aliphatic heterocycles. The highest BCUT2D eigenvalue weighted by molar-refractivity contribution is 6.20. The molecular weight excluding hydrogens is 474 g/mol. The van der Waals surface area contributed by atoms with Crippen LogP contribution in [-0.4, -0.2) is 15.3 Å². The van der Waals surface area contributed by atoms with Gasteiger partial charge in [0.05, 0.1) is 33.4 Å². The zero-order valence-corrected chi connectivity index (χ0v) is 21.2. The third kappa shape index (κ3) is 2.84. The molecule has 3 heteroatoms. The number of aliphatic imine (C=N–C) groups is 1. The zero-order chi connectivity index (χ0) is 25.5. The average molecular weight is 498 g/mol. The lowest BCUT2D eigenvalue weighted by Gasteiger charge is -2.12. The van der Waals surface area contributed by atoms with E-state index < -0.39 is 0 Å². The molecule has 1 aliphatic rings. The second kappa shape index (κ2) is 7.68. The molecule has 0 radical (unpaired) electrons. The van der Waals surface area contributed by atoms with E-state index in [9.17, 15) is 0 Å². The Balaban J connectivity index is 1.49. The van der Waals surface area contributed by atoms with Crippen LogP contribution in [0.5, 0.6) is 0 Å². The molecule has 0 saturated carbocycles. The Morgan fingerprint density at radius 3 is 2.03 bits per heavy atom. The summed E-state index contributed by atoms with van der Waals surface area (Å²) < 4.78 is 4.88. The maximum atomic E-state index is 4.64. The number of rotatable bonds is 2. The van der Waals surface area contributed by atoms with Gasteiger partial charge in [0.2, 0.25) is 0 Å². The van der Waals surface area contributed by atoms with Crippen molar-refractivity contribution in [1.29, 1.82) is 0 Å². The number of hydrogen-bond acceptors (Lipinski definition) is 1. The van der Waals surface area contributed by atoms with Crippen molar-refractivity contribution in [1.82, 2.24) is 9.13 Å². The van der Waals surface area contributed by atoms with E-state index >= 15 is 0 Å². The van der Waals surface area contributed by atoms with E-state index in [0.717, 1.165) is 12.1 Å². The summed E-state index contributed by atoms with van der Waals surface area (Å²) in [6.07, 6.45) is 2.89. The van der Waals surface area contributed by atoms with E-state index in [1.54, 1.807) is 0 Å². The van der Waals surface area contributed by atoms with E-state index in [2.05, 4.69) is 135 Å². The van der Waals surface area contributed by atoms with Crippen LogP contribution < -0.4 is 0 Å². The standard InChI is InChI=1S/C36H23N3/c1-2-11-25(12-3-1)38-34-20-24-10-5-4-9-23(24)19-28(34)30-22-36-29(21-35(30)38)26-13-6-7-15-32(26)39(36)33-16-8-14-31-27(33)17-18-37-31/h1-16,18-22H,17H2. The fourth-order valence-corrected chi connectivity index (χ4v) is 6.62. The van der Waals surface area contributed by atoms with E-state index in [4.69, 9.17) is 0 Å². The van der Waals surface area contributed by atoms with Gasteiger partial charge >= 0.3 is 0 Å². The Kier molecular flexibility index (Phi) is 4.11. The second-order valence-electron chi connectivity index (χ2n) is 10.4. The quantitative estimate of drug-likeness (QED) is 0.227. The summed E-state index contributed by atoms with van der Waals surface area (Å²) in [6.45, 7) is 0. The lowest BCUT2D eigenvalue weighted by atomic mass is 10.0. The van der Waals surface area contributed by atoms with Gasteiger partial charge in [-0.15, -0.1) is 0 Å². The van der Waals surface area contributed by atoms with Crippen LogP contribution in [-0.2, 0) is 6.42 Å². The molecule has 0 amide bonds. The van der Waals surface area contributed by atoms with Crippen LogP contribution in [0.15, 0.2) is 126 Å². The van der Waals surface area contributed by atoms with E-state index in [1.165, 1.54) is 71.3 Å². The van der Waals surface area contributed by atoms with Gasteiger partial charge in [-0.3, -0.25) is 4.99 Å². The molecule has 3 nitrogen and oxygen atoms in total. The van der Waals surface area contributed by atoms with Crippen molar-refractivity contribution in [2.45, 2.75) is 6.42 Å². The number of para-hydroxylation sites is 2. The lowest BCUT2D eigenvalue weighted by molar-refractivity contribution is 1.14. The monoisotopic (exact) mass is 497 g/mol. The molecule has 0 bridgehead atoms. The smallest absolute Gasteiger partial charge is 0.0682 e. The highest BCUT2D eigenvalue weighted by Gasteiger charge is 2.21. The number of nitrogens with zero attached hydrogens (tertiary/aromatic N) is 3. The van der Waals surface area contributed by atoms with Crippen molar-refractivity contribution < 1.29 is 0 Å². The molecule has 0 saturated heterocycles. The molecule has 0 atom stereocenters. The van der Waals surface area contributed by atoms with Gasteiger partial charge in [0.1, 0.15) is 0 Å². The first-order valence-electron chi connectivity index (χ1n) is 13.5. The van der Waals surface area contributed by atoms with Crippen LogP contribution in [0.2, 0.25) is 0 Å². The van der Waals surface area contributed by atoms with Crippen LogP contribution in [0.3, 0.4) is 0 Å². The van der Waals surface area contributed by atoms with Crippen LogP contribution in [0, 0.1) is 0 Å². The minimum absolute atomic E-state index is 0.862. The third-order valence-corrected chi connectivity index (χ3v) is 8.33. The van der Waals surface area contributed by atoms with Gasteiger partial charge < -0.3 is 9.13 Å². The van der Waals surface area contributed by atoms with Gasteiger partial charge in [0.15, 0.2) is 0 Å². The number of fused-ring (bicyclic) bond motifs is 8. The fourth-order valence-electron chi connectivity index (χ4n) is 6.62. The Labute approximate surface area is 224 Å². The number of aromatic nitrogens is 2. The molecule has 39 heavy (non-hydrogen) atoms. The molecule has 8 aromatic rings. The molecule has 6 aromatic carbocycles. The highest BCUT2D eigenvalue weighted by Crippen LogP contribution is 2.42. The first-order chi connectivity index (χ1) is 19.3. The summed E-state index contributed by atoms with van der Waals surface area (Å²) >= 11 is 0. The van der Waals surface area contributed by atoms with E-state index in [1.807, 2.05) is 6.21 Å². The fraction of sp³-hybridized carbons (Fsp3) is 0.0278. The summed E-state index contributed by atoms with van der Waals surface area (Å²) in [5.41, 5.74) is 9.66. The molecular formula is C36H23N3. The minimum Gasteiger partial charge on any atom is -0.309 e. The Hall–Kier alpha value is -5.15. The topological polar surface area (TPSA) is 22.2 Å². The summed E-state index contributed by atoms with van der Waals surface area (Å²) in [5, 5.41) is 7.58. The third-order valence-electron chi connectivity index (χ3n) is 8.33. The Morgan fingerprint density at radius 2 is 1.15 bits per heavy atom. The largest absolute Gasteiger partial charge is 0.309 e. The van der Waals surface area contributed by atoms with Gasteiger partial charge in [0.25, 0.3) is 0 Å². The van der Waals surface area contributed by atoms with Crippen molar-refractivity contribution >= 4 is 66.3 Å². The van der Waals surface area contributed by atoms with Crippen molar-refractivity contribution in [2.75, 3.05) is 0 Å². The maximum absolute atomic E-state index is 4.64. The first-order valence-corrected chi connectivity index (χ1v) is 13.5. The number of hydrogen-bond donors (Lipinski definition) is 0. The Bertz CT molecular complexity index is 2300. The molecule has 182 valence electrons. The van der Waals surface area contributed by atoms with Crippen molar-refractivity contribution in [3.8, 4) is 11.4 Å². The van der Waals surface area contributed by atoms with Gasteiger partial charge in [-0.2, -0.15) is 0 Å². The molecule has 9 rings (SSSR count). The van der Waals surface area contributed by atoms with Crippen molar-refractivity contribution in [3.63, 3.8) is 0 Å². The highest BCUT2D eigenvalue weighted by atomic mass is 15.0. The summed E-state index contributed by atoms with van der Waals surface area (Å²) in [6, 6.07) is 44.2. The zero-order valence-electron chi connectivity index (χ0n) is 21.2. The predicted octanol–water partition coefficient (Wildman–Crippen LogP) is 9.29. The predicted molar refractivity (Wildman–Crippen MR) is 164 cm³/mol. The molecule has 0 spiro atoms. The van der Waals surface area contributed by atoms with E-state index in [0.29, 0.717) is 0 Å². The molecule has 0 N–H and O–H groups in total. The molecule has 3 heterocycles. The SMILES string of the molecule is C1=Nc2cccc(-n3c4ccccc4c4cc5c(cc43)c3cc4ccccc4cc3n5-c3ccccc3)c2C1. The van der Waals surface area contributed by atoms with E-state index in [-0.39, 0.29) is 0 Å². The minimum atomic E-state index is 0.862. The Morgan fingerprint density at radius 1 is 0.487 bits per heavy atom. The van der Waals surface area contributed by atoms with Gasteiger partial charge in [-0.05, 0) is 65.4 Å². The summed E-state index contributed by atoms with van der Waals surface area (Å²) in [7, 11) is 0. The second-order valence-corrected chi connectivity index (χ2v) is 10.4. The lowest BCUT2D eigenvalue weighted by Crippen LogP contribution is -1.98. The number of benzene rings is 6. The summed E-state index contributed by atoms with van der Waals surface area (Å²) in [5.74, 6) is 0. The van der Waals surface area contributed by atoms with Gasteiger partial charge in [-0.25, -0.2) is 0 Å². The van der Waals surface area contributed by atoms with Crippen LogP contribution in [0.25, 0.3) is 65.8 Å². The molecule has 0 unspecified atom stereocenters. The molecule has 0 fully saturated rings. The molecule has 0 aliphatic carbocycles. The normalized spacial score (nSPS) is 12.9. The van der Waals surface area contributed by atoms with Crippen molar-refractivity contribution in [2.24, 2.45) is 4.99 Å². The first kappa shape index (κ1) is 20.9. The molecule has 2 aromatic heterocycles. The van der Waals surface area contributed by atoms with Crippen LogP contribution in [0.1, 0.15) is 5.56 Å². The van der Waals surface area contributed by atoms with Crippen LogP contribution >= 0.6 is 0 Å². The van der Waals surface area contributed by atoms with Crippen molar-refractivity contribution in [3.05, 3.63) is 127 Å². The van der Waals surface area contributed by atoms with Gasteiger partial charge in [0, 0.05) is 45.4 Å². The average Bonchev–Trinajstić information content (AvgIpc) is 3.68. The van der Waals surface area contributed by atoms with Gasteiger partial charge in [-0.1, -0.05) is 66.7 Å².